The van der Waals surface area contributed by atoms with Gasteiger partial charge in [-0.05, 0) is 18.8 Å². The van der Waals surface area contributed by atoms with Crippen LogP contribution in [0, 0.1) is 17.3 Å². The molecule has 2 atom stereocenters. The lowest BCUT2D eigenvalue weighted by atomic mass is 9.69. The van der Waals surface area contributed by atoms with Crippen molar-refractivity contribution >= 4 is 0 Å². The van der Waals surface area contributed by atoms with Gasteiger partial charge in [0.05, 0.1) is 0 Å². The number of rotatable bonds is 0. The Morgan fingerprint density at radius 2 is 1.47 bits per heavy atom. The van der Waals surface area contributed by atoms with E-state index in [1.807, 2.05) is 0 Å². The van der Waals surface area contributed by atoms with Gasteiger partial charge >= 0.3 is 12.4 Å². The van der Waals surface area contributed by atoms with Crippen molar-refractivity contribution in [1.29, 1.82) is 0 Å². The molecular weight excluding hydrogens is 222 g/mol. The summed E-state index contributed by atoms with van der Waals surface area (Å²) >= 11 is 0. The first-order valence-electron chi connectivity index (χ1n) is 4.52. The van der Waals surface area contributed by atoms with Crippen LogP contribution in [-0.2, 0) is 0 Å². The van der Waals surface area contributed by atoms with Crippen LogP contribution < -0.4 is 0 Å². The van der Waals surface area contributed by atoms with E-state index in [1.54, 1.807) is 0 Å². The minimum Gasteiger partial charge on any atom is -0.170 e. The molecule has 1 fully saturated rings. The standard InChI is InChI=1S/C9H8F6/c10-8(11,12)7(9(13,14)15)4-3-5-1-2-6(5)7/h1-2,5-6H,3-4H2. The van der Waals surface area contributed by atoms with E-state index in [0.29, 0.717) is 0 Å². The van der Waals surface area contributed by atoms with Crippen molar-refractivity contribution in [2.75, 3.05) is 0 Å². The fraction of sp³-hybridized carbons (Fsp3) is 0.778. The Morgan fingerprint density at radius 1 is 0.933 bits per heavy atom. The van der Waals surface area contributed by atoms with Crippen LogP contribution in [0.5, 0.6) is 0 Å². The van der Waals surface area contributed by atoms with Gasteiger partial charge in [-0.1, -0.05) is 12.2 Å². The third-order valence-corrected chi connectivity index (χ3v) is 3.48. The van der Waals surface area contributed by atoms with Crippen molar-refractivity contribution in [2.24, 2.45) is 17.3 Å². The van der Waals surface area contributed by atoms with Crippen LogP contribution in [0.2, 0.25) is 0 Å². The van der Waals surface area contributed by atoms with Crippen LogP contribution in [0.3, 0.4) is 0 Å². The molecule has 2 unspecified atom stereocenters. The fourth-order valence-electron chi connectivity index (χ4n) is 2.57. The predicted molar refractivity (Wildman–Crippen MR) is 39.9 cm³/mol. The number of hydrogen-bond acceptors (Lipinski definition) is 0. The van der Waals surface area contributed by atoms with Crippen LogP contribution >= 0.6 is 0 Å². The number of halogens is 6. The van der Waals surface area contributed by atoms with Gasteiger partial charge in [0.2, 0.25) is 0 Å². The van der Waals surface area contributed by atoms with E-state index in [1.165, 1.54) is 6.08 Å². The molecular formula is C9H8F6. The lowest BCUT2D eigenvalue weighted by Gasteiger charge is -2.41. The second kappa shape index (κ2) is 2.71. The SMILES string of the molecule is FC(F)(F)C1(C(F)(F)F)CCC2C=CC21. The second-order valence-electron chi connectivity index (χ2n) is 4.08. The summed E-state index contributed by atoms with van der Waals surface area (Å²) in [6.45, 7) is 0. The van der Waals surface area contributed by atoms with E-state index in [2.05, 4.69) is 0 Å². The molecule has 0 radical (unpaired) electrons. The molecule has 2 aliphatic rings. The molecule has 0 saturated heterocycles. The fourth-order valence-corrected chi connectivity index (χ4v) is 2.57. The van der Waals surface area contributed by atoms with Crippen molar-refractivity contribution in [3.63, 3.8) is 0 Å². The monoisotopic (exact) mass is 230 g/mol. The normalized spacial score (nSPS) is 33.7. The van der Waals surface area contributed by atoms with Crippen LogP contribution in [0.1, 0.15) is 12.8 Å². The van der Waals surface area contributed by atoms with Gasteiger partial charge in [-0.25, -0.2) is 0 Å². The summed E-state index contributed by atoms with van der Waals surface area (Å²) in [5, 5.41) is 0. The lowest BCUT2D eigenvalue weighted by Crippen LogP contribution is -2.53. The largest absolute Gasteiger partial charge is 0.403 e. The maximum atomic E-state index is 12.6. The van der Waals surface area contributed by atoms with Gasteiger partial charge in [0.15, 0.2) is 5.41 Å². The van der Waals surface area contributed by atoms with E-state index in [4.69, 9.17) is 0 Å². The molecule has 0 aliphatic heterocycles. The molecule has 0 heterocycles. The second-order valence-corrected chi connectivity index (χ2v) is 4.08. The molecule has 0 aromatic carbocycles. The van der Waals surface area contributed by atoms with Crippen molar-refractivity contribution < 1.29 is 26.3 Å². The van der Waals surface area contributed by atoms with Gasteiger partial charge in [-0.3, -0.25) is 0 Å². The highest BCUT2D eigenvalue weighted by molar-refractivity contribution is 5.22. The molecule has 6 heteroatoms. The van der Waals surface area contributed by atoms with Crippen LogP contribution in [0.15, 0.2) is 12.2 Å². The van der Waals surface area contributed by atoms with Crippen LogP contribution in [0.25, 0.3) is 0 Å². The molecule has 2 rings (SSSR count). The van der Waals surface area contributed by atoms with Gasteiger partial charge < -0.3 is 0 Å². The average Bonchev–Trinajstić information content (AvgIpc) is 2.20. The number of hydrogen-bond donors (Lipinski definition) is 0. The highest BCUT2D eigenvalue weighted by Gasteiger charge is 2.76. The molecule has 0 amide bonds. The highest BCUT2D eigenvalue weighted by atomic mass is 19.4. The molecule has 86 valence electrons. The summed E-state index contributed by atoms with van der Waals surface area (Å²) in [6.07, 6.45) is -8.82. The van der Waals surface area contributed by atoms with E-state index < -0.39 is 36.0 Å². The minimum atomic E-state index is -5.21. The number of allylic oxidation sites excluding steroid dienone is 2. The summed E-state index contributed by atoms with van der Waals surface area (Å²) in [7, 11) is 0. The van der Waals surface area contributed by atoms with Gasteiger partial charge in [0, 0.05) is 5.92 Å². The first-order valence-corrected chi connectivity index (χ1v) is 4.52. The zero-order valence-electron chi connectivity index (χ0n) is 7.49. The van der Waals surface area contributed by atoms with E-state index in [-0.39, 0.29) is 6.42 Å². The van der Waals surface area contributed by atoms with Gasteiger partial charge in [-0.2, -0.15) is 26.3 Å². The van der Waals surface area contributed by atoms with Crippen molar-refractivity contribution in [3.8, 4) is 0 Å². The molecule has 0 nitrogen and oxygen atoms in total. The number of fused-ring (bicyclic) bond motifs is 1. The summed E-state index contributed by atoms with van der Waals surface area (Å²) in [6, 6.07) is 0. The highest BCUT2D eigenvalue weighted by Crippen LogP contribution is 2.66. The Kier molecular flexibility index (Phi) is 1.95. The Hall–Kier alpha value is -0.680. The zero-order valence-corrected chi connectivity index (χ0v) is 7.49. The Morgan fingerprint density at radius 3 is 1.67 bits per heavy atom. The van der Waals surface area contributed by atoms with Crippen LogP contribution in [-0.4, -0.2) is 12.4 Å². The topological polar surface area (TPSA) is 0 Å². The Bertz CT molecular complexity index is 283. The summed E-state index contributed by atoms with van der Waals surface area (Å²) in [5.41, 5.74) is -3.50. The van der Waals surface area contributed by atoms with Gasteiger partial charge in [0.25, 0.3) is 0 Å². The summed E-state index contributed by atoms with van der Waals surface area (Å²) < 4.78 is 75.7. The summed E-state index contributed by atoms with van der Waals surface area (Å²) in [4.78, 5) is 0. The Balaban J connectivity index is 2.46. The molecule has 2 aliphatic carbocycles. The van der Waals surface area contributed by atoms with Crippen molar-refractivity contribution in [1.82, 2.24) is 0 Å². The van der Waals surface area contributed by atoms with Gasteiger partial charge in [-0.15, -0.1) is 0 Å². The molecule has 0 spiro atoms. The molecule has 0 aromatic rings. The predicted octanol–water partition coefficient (Wildman–Crippen LogP) is 3.69. The third-order valence-electron chi connectivity index (χ3n) is 3.48. The van der Waals surface area contributed by atoms with Gasteiger partial charge in [0.1, 0.15) is 0 Å². The molecule has 0 N–H and O–H groups in total. The maximum absolute atomic E-state index is 12.6. The molecule has 0 bridgehead atoms. The summed E-state index contributed by atoms with van der Waals surface area (Å²) in [5.74, 6) is -1.95. The minimum absolute atomic E-state index is 0.0276. The average molecular weight is 230 g/mol. The number of alkyl halides is 6. The maximum Gasteiger partial charge on any atom is 0.403 e. The molecule has 0 aromatic heterocycles. The van der Waals surface area contributed by atoms with E-state index in [9.17, 15) is 26.3 Å². The lowest BCUT2D eigenvalue weighted by molar-refractivity contribution is -0.350. The van der Waals surface area contributed by atoms with E-state index in [0.717, 1.165) is 6.08 Å². The molecule has 15 heavy (non-hydrogen) atoms. The quantitative estimate of drug-likeness (QED) is 0.439. The smallest absolute Gasteiger partial charge is 0.170 e. The Labute approximate surface area is 82.0 Å². The third kappa shape index (κ3) is 1.16. The first-order chi connectivity index (χ1) is 6.70. The zero-order chi connectivity index (χ0) is 11.5. The molecule has 1 saturated carbocycles. The van der Waals surface area contributed by atoms with E-state index >= 15 is 0 Å². The first kappa shape index (κ1) is 10.8. The van der Waals surface area contributed by atoms with Crippen LogP contribution in [0.4, 0.5) is 26.3 Å². The van der Waals surface area contributed by atoms with Crippen molar-refractivity contribution in [2.45, 2.75) is 25.2 Å². The van der Waals surface area contributed by atoms with Crippen molar-refractivity contribution in [3.05, 3.63) is 12.2 Å².